The van der Waals surface area contributed by atoms with Gasteiger partial charge < -0.3 is 18.9 Å². The molecular weight excluding hydrogens is 187 g/mol. The van der Waals surface area contributed by atoms with E-state index in [0.29, 0.717) is 0 Å². The first kappa shape index (κ1) is 11.5. The minimum absolute atomic E-state index is 0.734. The fourth-order valence-electron chi connectivity index (χ4n) is 0.379. The molecule has 0 saturated carbocycles. The molecular formula is C6H9FO6. The molecule has 0 aliphatic rings. The second-order valence-electron chi connectivity index (χ2n) is 1.75. The average Bonchev–Trinajstić information content (AvgIpc) is 2.13. The standard InChI is InChI=1S/C6H9FO6/c1-10-5(8)12-3-4(7)13-6(9)11-2/h4H,3H2,1-2H3. The Morgan fingerprint density at radius 3 is 2.23 bits per heavy atom. The molecule has 0 rings (SSSR count). The Labute approximate surface area is 73.5 Å². The summed E-state index contributed by atoms with van der Waals surface area (Å²) in [7, 11) is 2.09. The maximum absolute atomic E-state index is 12.5. The van der Waals surface area contributed by atoms with Crippen LogP contribution in [0, 0.1) is 0 Å². The molecule has 0 aromatic heterocycles. The lowest BCUT2D eigenvalue weighted by Gasteiger charge is -2.08. The van der Waals surface area contributed by atoms with Crippen LogP contribution in [0.1, 0.15) is 0 Å². The molecule has 0 aromatic rings. The predicted molar refractivity (Wildman–Crippen MR) is 36.7 cm³/mol. The van der Waals surface area contributed by atoms with Crippen LogP contribution in [0.5, 0.6) is 0 Å². The summed E-state index contributed by atoms with van der Waals surface area (Å²) in [6.07, 6.45) is -4.32. The topological polar surface area (TPSA) is 71.1 Å². The Kier molecular flexibility index (Phi) is 5.33. The smallest absolute Gasteiger partial charge is 0.438 e. The van der Waals surface area contributed by atoms with Gasteiger partial charge in [-0.05, 0) is 0 Å². The molecule has 0 radical (unpaired) electrons. The van der Waals surface area contributed by atoms with Crippen LogP contribution >= 0.6 is 0 Å². The molecule has 0 heterocycles. The summed E-state index contributed by atoms with van der Waals surface area (Å²) in [4.78, 5) is 20.6. The van der Waals surface area contributed by atoms with E-state index in [1.165, 1.54) is 0 Å². The Balaban J connectivity index is 3.56. The van der Waals surface area contributed by atoms with Gasteiger partial charge in [0.25, 0.3) is 6.36 Å². The van der Waals surface area contributed by atoms with E-state index >= 15 is 0 Å². The largest absolute Gasteiger partial charge is 0.510 e. The van der Waals surface area contributed by atoms with Gasteiger partial charge in [-0.1, -0.05) is 0 Å². The lowest BCUT2D eigenvalue weighted by Crippen LogP contribution is -2.21. The Bertz CT molecular complexity index is 182. The molecule has 0 N–H and O–H groups in total. The minimum atomic E-state index is -2.06. The number of halogens is 1. The number of alkyl halides is 1. The van der Waals surface area contributed by atoms with Crippen molar-refractivity contribution in [3.8, 4) is 0 Å². The molecule has 0 aromatic carbocycles. The highest BCUT2D eigenvalue weighted by Crippen LogP contribution is 1.98. The summed E-state index contributed by atoms with van der Waals surface area (Å²) in [6.45, 7) is -0.734. The summed E-state index contributed by atoms with van der Waals surface area (Å²) >= 11 is 0. The Morgan fingerprint density at radius 1 is 1.23 bits per heavy atom. The van der Waals surface area contributed by atoms with E-state index in [-0.39, 0.29) is 0 Å². The van der Waals surface area contributed by atoms with E-state index in [1.54, 1.807) is 0 Å². The van der Waals surface area contributed by atoms with Crippen LogP contribution in [0.2, 0.25) is 0 Å². The summed E-state index contributed by atoms with van der Waals surface area (Å²) in [5, 5.41) is 0. The summed E-state index contributed by atoms with van der Waals surface area (Å²) in [5.74, 6) is 0. The highest BCUT2D eigenvalue weighted by Gasteiger charge is 2.15. The highest BCUT2D eigenvalue weighted by atomic mass is 19.1. The predicted octanol–water partition coefficient (Wildman–Crippen LogP) is 0.848. The monoisotopic (exact) mass is 196 g/mol. The maximum atomic E-state index is 12.5. The van der Waals surface area contributed by atoms with Crippen molar-refractivity contribution in [3.05, 3.63) is 0 Å². The van der Waals surface area contributed by atoms with E-state index in [9.17, 15) is 14.0 Å². The lowest BCUT2D eigenvalue weighted by atomic mass is 10.7. The van der Waals surface area contributed by atoms with E-state index in [0.717, 1.165) is 14.2 Å². The van der Waals surface area contributed by atoms with Crippen LogP contribution in [0.25, 0.3) is 0 Å². The third kappa shape index (κ3) is 5.71. The van der Waals surface area contributed by atoms with Crippen LogP contribution in [0.3, 0.4) is 0 Å². The van der Waals surface area contributed by atoms with Crippen LogP contribution in [0.15, 0.2) is 0 Å². The molecule has 0 amide bonds. The zero-order valence-corrected chi connectivity index (χ0v) is 7.11. The van der Waals surface area contributed by atoms with Gasteiger partial charge >= 0.3 is 12.3 Å². The first-order valence-electron chi connectivity index (χ1n) is 3.19. The molecule has 1 unspecified atom stereocenters. The van der Waals surface area contributed by atoms with E-state index < -0.39 is 25.3 Å². The molecule has 0 saturated heterocycles. The minimum Gasteiger partial charge on any atom is -0.438 e. The van der Waals surface area contributed by atoms with Crippen LogP contribution < -0.4 is 0 Å². The van der Waals surface area contributed by atoms with Gasteiger partial charge in [0.05, 0.1) is 14.2 Å². The van der Waals surface area contributed by atoms with Gasteiger partial charge in [0.15, 0.2) is 6.61 Å². The number of hydrogen-bond donors (Lipinski definition) is 0. The van der Waals surface area contributed by atoms with Gasteiger partial charge in [-0.25, -0.2) is 9.59 Å². The number of carbonyl (C=O) groups excluding carboxylic acids is 2. The SMILES string of the molecule is COC(=O)OCC(F)OC(=O)OC. The molecule has 76 valence electrons. The highest BCUT2D eigenvalue weighted by molar-refractivity contribution is 5.60. The maximum Gasteiger partial charge on any atom is 0.510 e. The Hall–Kier alpha value is -1.53. The average molecular weight is 196 g/mol. The van der Waals surface area contributed by atoms with E-state index in [2.05, 4.69) is 18.9 Å². The molecule has 13 heavy (non-hydrogen) atoms. The van der Waals surface area contributed by atoms with Crippen LogP contribution in [-0.4, -0.2) is 39.5 Å². The normalized spacial score (nSPS) is 11.3. The number of hydrogen-bond acceptors (Lipinski definition) is 6. The summed E-state index contributed by atoms with van der Waals surface area (Å²) < 4.78 is 28.6. The number of rotatable bonds is 3. The zero-order chi connectivity index (χ0) is 10.3. The second-order valence-corrected chi connectivity index (χ2v) is 1.75. The van der Waals surface area contributed by atoms with Gasteiger partial charge in [-0.2, -0.15) is 4.39 Å². The van der Waals surface area contributed by atoms with E-state index in [4.69, 9.17) is 0 Å². The summed E-state index contributed by atoms with van der Waals surface area (Å²) in [6, 6.07) is 0. The zero-order valence-electron chi connectivity index (χ0n) is 7.11. The fourth-order valence-corrected chi connectivity index (χ4v) is 0.379. The third-order valence-electron chi connectivity index (χ3n) is 0.890. The summed E-state index contributed by atoms with van der Waals surface area (Å²) in [5.41, 5.74) is 0. The van der Waals surface area contributed by atoms with Gasteiger partial charge in [0.2, 0.25) is 0 Å². The molecule has 1 atom stereocenters. The Morgan fingerprint density at radius 2 is 1.77 bits per heavy atom. The fraction of sp³-hybridized carbons (Fsp3) is 0.667. The molecule has 0 spiro atoms. The van der Waals surface area contributed by atoms with Crippen molar-refractivity contribution in [2.45, 2.75) is 6.36 Å². The van der Waals surface area contributed by atoms with E-state index in [1.807, 2.05) is 0 Å². The van der Waals surface area contributed by atoms with Crippen molar-refractivity contribution in [1.29, 1.82) is 0 Å². The third-order valence-corrected chi connectivity index (χ3v) is 0.890. The van der Waals surface area contributed by atoms with Crippen molar-refractivity contribution in [2.24, 2.45) is 0 Å². The lowest BCUT2D eigenvalue weighted by molar-refractivity contribution is -0.0619. The van der Waals surface area contributed by atoms with Gasteiger partial charge in [0.1, 0.15) is 0 Å². The number of methoxy groups -OCH3 is 2. The first-order chi connectivity index (χ1) is 6.10. The van der Waals surface area contributed by atoms with Gasteiger partial charge in [0, 0.05) is 0 Å². The van der Waals surface area contributed by atoms with Crippen molar-refractivity contribution in [2.75, 3.05) is 20.8 Å². The van der Waals surface area contributed by atoms with Crippen molar-refractivity contribution in [1.82, 2.24) is 0 Å². The van der Waals surface area contributed by atoms with Crippen LogP contribution in [0.4, 0.5) is 14.0 Å². The van der Waals surface area contributed by atoms with Crippen LogP contribution in [-0.2, 0) is 18.9 Å². The molecule has 7 heteroatoms. The quantitative estimate of drug-likeness (QED) is 0.623. The number of carbonyl (C=O) groups is 2. The molecule has 0 fully saturated rings. The van der Waals surface area contributed by atoms with Crippen molar-refractivity contribution < 1.29 is 32.9 Å². The second kappa shape index (κ2) is 6.04. The van der Waals surface area contributed by atoms with Gasteiger partial charge in [-0.3, -0.25) is 0 Å². The molecule has 0 aliphatic carbocycles. The van der Waals surface area contributed by atoms with Crippen molar-refractivity contribution in [3.63, 3.8) is 0 Å². The first-order valence-corrected chi connectivity index (χ1v) is 3.19. The molecule has 0 aliphatic heterocycles. The molecule has 6 nitrogen and oxygen atoms in total. The number of ether oxygens (including phenoxy) is 4. The van der Waals surface area contributed by atoms with Gasteiger partial charge in [-0.15, -0.1) is 0 Å². The molecule has 0 bridgehead atoms. The van der Waals surface area contributed by atoms with Crippen molar-refractivity contribution >= 4 is 12.3 Å².